The van der Waals surface area contributed by atoms with Crippen LogP contribution in [0.15, 0.2) is 42.5 Å². The zero-order valence-electron chi connectivity index (χ0n) is 10.4. The van der Waals surface area contributed by atoms with E-state index < -0.39 is 0 Å². The van der Waals surface area contributed by atoms with Gasteiger partial charge < -0.3 is 5.32 Å². The van der Waals surface area contributed by atoms with Crippen LogP contribution in [0.4, 0.5) is 10.1 Å². The van der Waals surface area contributed by atoms with Gasteiger partial charge in [-0.2, -0.15) is 0 Å². The predicted octanol–water partition coefficient (Wildman–Crippen LogP) is 3.92. The quantitative estimate of drug-likeness (QED) is 0.817. The van der Waals surface area contributed by atoms with Crippen LogP contribution in [-0.2, 0) is 11.2 Å². The van der Waals surface area contributed by atoms with Crippen molar-refractivity contribution in [1.82, 2.24) is 0 Å². The van der Waals surface area contributed by atoms with Gasteiger partial charge in [-0.3, -0.25) is 4.79 Å². The third-order valence-electron chi connectivity index (χ3n) is 2.73. The molecule has 0 fully saturated rings. The molecule has 0 radical (unpaired) electrons. The summed E-state index contributed by atoms with van der Waals surface area (Å²) in [5.41, 5.74) is 2.75. The number of hydrogen-bond acceptors (Lipinski definition) is 1. The summed E-state index contributed by atoms with van der Waals surface area (Å²) in [6.07, 6.45) is 0.241. The van der Waals surface area contributed by atoms with Gasteiger partial charge in [-0.25, -0.2) is 4.39 Å². The fourth-order valence-corrected chi connectivity index (χ4v) is 2.18. The van der Waals surface area contributed by atoms with Crippen molar-refractivity contribution < 1.29 is 9.18 Å². The zero-order chi connectivity index (χ0) is 13.8. The number of hydrogen-bond donors (Lipinski definition) is 1. The molecule has 0 unspecified atom stereocenters. The first-order valence-corrected chi connectivity index (χ1v) is 6.93. The molecule has 1 N–H and O–H groups in total. The van der Waals surface area contributed by atoms with Gasteiger partial charge in [0.15, 0.2) is 0 Å². The van der Waals surface area contributed by atoms with Crippen molar-refractivity contribution in [1.29, 1.82) is 0 Å². The molecule has 19 heavy (non-hydrogen) atoms. The molecule has 0 aromatic heterocycles. The van der Waals surface area contributed by atoms with Crippen molar-refractivity contribution in [3.63, 3.8) is 0 Å². The van der Waals surface area contributed by atoms with Crippen molar-refractivity contribution >= 4 is 34.2 Å². The lowest BCUT2D eigenvalue weighted by atomic mass is 10.1. The first-order chi connectivity index (χ1) is 9.04. The van der Waals surface area contributed by atoms with Crippen LogP contribution >= 0.6 is 22.6 Å². The van der Waals surface area contributed by atoms with E-state index in [0.29, 0.717) is 0 Å². The van der Waals surface area contributed by atoms with Crippen LogP contribution < -0.4 is 5.32 Å². The Labute approximate surface area is 125 Å². The molecule has 0 saturated heterocycles. The molecule has 0 aliphatic carbocycles. The van der Waals surface area contributed by atoms with E-state index in [9.17, 15) is 9.18 Å². The summed E-state index contributed by atoms with van der Waals surface area (Å²) in [5, 5.41) is 2.84. The highest BCUT2D eigenvalue weighted by molar-refractivity contribution is 14.1. The van der Waals surface area contributed by atoms with E-state index in [4.69, 9.17) is 0 Å². The average Bonchev–Trinajstić information content (AvgIpc) is 2.37. The number of nitrogens with one attached hydrogen (secondary N) is 1. The Morgan fingerprint density at radius 3 is 2.53 bits per heavy atom. The maximum Gasteiger partial charge on any atom is 0.228 e. The van der Waals surface area contributed by atoms with Crippen molar-refractivity contribution in [2.45, 2.75) is 13.3 Å². The molecule has 0 spiro atoms. The lowest BCUT2D eigenvalue weighted by Crippen LogP contribution is -2.14. The summed E-state index contributed by atoms with van der Waals surface area (Å²) in [7, 11) is 0. The van der Waals surface area contributed by atoms with E-state index in [1.54, 1.807) is 12.1 Å². The summed E-state index contributed by atoms with van der Waals surface area (Å²) < 4.78 is 13.9. The van der Waals surface area contributed by atoms with Gasteiger partial charge in [0.2, 0.25) is 5.91 Å². The molecule has 0 aliphatic heterocycles. The molecule has 2 aromatic rings. The minimum Gasteiger partial charge on any atom is -0.326 e. The highest BCUT2D eigenvalue weighted by Crippen LogP contribution is 2.17. The second kappa shape index (κ2) is 6.14. The van der Waals surface area contributed by atoms with E-state index in [-0.39, 0.29) is 18.1 Å². The first kappa shape index (κ1) is 14.0. The van der Waals surface area contributed by atoms with Crippen LogP contribution in [0.25, 0.3) is 0 Å². The molecular weight excluding hydrogens is 356 g/mol. The summed E-state index contributed by atoms with van der Waals surface area (Å²) in [4.78, 5) is 11.9. The number of benzene rings is 2. The summed E-state index contributed by atoms with van der Waals surface area (Å²) in [6.45, 7) is 2.02. The Morgan fingerprint density at radius 2 is 1.89 bits per heavy atom. The number of aryl methyl sites for hydroxylation is 1. The Morgan fingerprint density at radius 1 is 1.21 bits per heavy atom. The number of anilines is 1. The largest absolute Gasteiger partial charge is 0.326 e. The van der Waals surface area contributed by atoms with Crippen LogP contribution in [0.3, 0.4) is 0 Å². The molecule has 2 aromatic carbocycles. The minimum atomic E-state index is -0.294. The Hall–Kier alpha value is -1.43. The Bertz CT molecular complexity index is 596. The van der Waals surface area contributed by atoms with Gasteiger partial charge in [0.1, 0.15) is 5.82 Å². The van der Waals surface area contributed by atoms with Crippen LogP contribution in [0.2, 0.25) is 0 Å². The molecule has 0 aliphatic rings. The smallest absolute Gasteiger partial charge is 0.228 e. The topological polar surface area (TPSA) is 29.1 Å². The number of carbonyl (C=O) groups is 1. The second-order valence-corrected chi connectivity index (χ2v) is 5.48. The molecule has 98 valence electrons. The first-order valence-electron chi connectivity index (χ1n) is 5.85. The summed E-state index contributed by atoms with van der Waals surface area (Å²) in [6, 6.07) is 11.7. The Kier molecular flexibility index (Phi) is 4.52. The second-order valence-electron chi connectivity index (χ2n) is 4.32. The van der Waals surface area contributed by atoms with Crippen LogP contribution in [-0.4, -0.2) is 5.91 Å². The van der Waals surface area contributed by atoms with Gasteiger partial charge >= 0.3 is 0 Å². The van der Waals surface area contributed by atoms with Gasteiger partial charge in [0.05, 0.1) is 6.42 Å². The van der Waals surface area contributed by atoms with E-state index >= 15 is 0 Å². The van der Waals surface area contributed by atoms with Gasteiger partial charge in [-0.15, -0.1) is 0 Å². The van der Waals surface area contributed by atoms with E-state index in [0.717, 1.165) is 14.8 Å². The average molecular weight is 369 g/mol. The van der Waals surface area contributed by atoms with Gasteiger partial charge in [0.25, 0.3) is 0 Å². The predicted molar refractivity (Wildman–Crippen MR) is 82.6 cm³/mol. The van der Waals surface area contributed by atoms with E-state index in [1.807, 2.05) is 25.1 Å². The highest BCUT2D eigenvalue weighted by atomic mass is 127. The van der Waals surface area contributed by atoms with Crippen molar-refractivity contribution in [3.8, 4) is 0 Å². The molecule has 1 amide bonds. The maximum atomic E-state index is 12.8. The SMILES string of the molecule is Cc1ccc(NC(=O)Cc2ccc(F)cc2)cc1I. The Balaban J connectivity index is 2.01. The third-order valence-corrected chi connectivity index (χ3v) is 3.90. The van der Waals surface area contributed by atoms with E-state index in [1.165, 1.54) is 17.7 Å². The standard InChI is InChI=1S/C15H13FINO/c1-10-2-7-13(9-14(10)17)18-15(19)8-11-3-5-12(16)6-4-11/h2-7,9H,8H2,1H3,(H,18,19). The lowest BCUT2D eigenvalue weighted by Gasteiger charge is -2.07. The number of carbonyl (C=O) groups excluding carboxylic acids is 1. The number of amides is 1. The normalized spacial score (nSPS) is 10.3. The maximum absolute atomic E-state index is 12.8. The zero-order valence-corrected chi connectivity index (χ0v) is 12.6. The minimum absolute atomic E-state index is 0.105. The van der Waals surface area contributed by atoms with Gasteiger partial charge in [-0.05, 0) is 64.9 Å². The van der Waals surface area contributed by atoms with E-state index in [2.05, 4.69) is 27.9 Å². The fourth-order valence-electron chi connectivity index (χ4n) is 1.66. The number of rotatable bonds is 3. The van der Waals surface area contributed by atoms with Gasteiger partial charge in [-0.1, -0.05) is 18.2 Å². The molecule has 0 saturated carbocycles. The molecular formula is C15H13FINO. The van der Waals surface area contributed by atoms with Crippen molar-refractivity contribution in [2.24, 2.45) is 0 Å². The summed E-state index contributed by atoms with van der Waals surface area (Å²) >= 11 is 2.23. The lowest BCUT2D eigenvalue weighted by molar-refractivity contribution is -0.115. The highest BCUT2D eigenvalue weighted by Gasteiger charge is 2.05. The fraction of sp³-hybridized carbons (Fsp3) is 0.133. The monoisotopic (exact) mass is 369 g/mol. The third kappa shape index (κ3) is 4.02. The molecule has 2 rings (SSSR count). The van der Waals surface area contributed by atoms with Crippen molar-refractivity contribution in [2.75, 3.05) is 5.32 Å². The number of halogens is 2. The van der Waals surface area contributed by atoms with Crippen LogP contribution in [0, 0.1) is 16.3 Å². The van der Waals surface area contributed by atoms with Crippen LogP contribution in [0.5, 0.6) is 0 Å². The van der Waals surface area contributed by atoms with Crippen molar-refractivity contribution in [3.05, 3.63) is 63.0 Å². The summed E-state index contributed by atoms with van der Waals surface area (Å²) in [5.74, 6) is -0.400. The molecule has 4 heteroatoms. The molecule has 2 nitrogen and oxygen atoms in total. The molecule has 0 atom stereocenters. The molecule has 0 bridgehead atoms. The van der Waals surface area contributed by atoms with Crippen LogP contribution in [0.1, 0.15) is 11.1 Å². The van der Waals surface area contributed by atoms with Gasteiger partial charge in [0, 0.05) is 9.26 Å². The molecule has 0 heterocycles.